The predicted octanol–water partition coefficient (Wildman–Crippen LogP) is 5.95. The van der Waals surface area contributed by atoms with E-state index in [1.807, 2.05) is 48.5 Å². The summed E-state index contributed by atoms with van der Waals surface area (Å²) in [6.45, 7) is 11.2. The smallest absolute Gasteiger partial charge is 0.250 e. The predicted molar refractivity (Wildman–Crippen MR) is 120 cm³/mol. The van der Waals surface area contributed by atoms with Gasteiger partial charge in [0.1, 0.15) is 22.8 Å². The van der Waals surface area contributed by atoms with Crippen LogP contribution in [0.2, 0.25) is 18.1 Å². The number of hydrogen-bond donors (Lipinski definition) is 2. The van der Waals surface area contributed by atoms with Gasteiger partial charge < -0.3 is 20.2 Å². The Hall–Kier alpha value is -2.73. The van der Waals surface area contributed by atoms with E-state index in [0.717, 1.165) is 28.1 Å². The van der Waals surface area contributed by atoms with Crippen molar-refractivity contribution < 1.29 is 9.16 Å². The first-order valence-corrected chi connectivity index (χ1v) is 12.3. The summed E-state index contributed by atoms with van der Waals surface area (Å²) < 4.78 is 11.8. The first kappa shape index (κ1) is 20.0. The maximum atomic E-state index is 6.55. The summed E-state index contributed by atoms with van der Waals surface area (Å²) in [7, 11) is -0.340. The number of aromatic nitrogens is 1. The number of rotatable bonds is 5. The molecular formula is C22H29N3O2Si. The zero-order valence-electron chi connectivity index (χ0n) is 17.5. The lowest BCUT2D eigenvalue weighted by Crippen LogP contribution is -2.43. The highest BCUT2D eigenvalue weighted by Crippen LogP contribution is 2.39. The molecule has 0 aliphatic carbocycles. The van der Waals surface area contributed by atoms with Gasteiger partial charge in [-0.3, -0.25) is 0 Å². The van der Waals surface area contributed by atoms with Gasteiger partial charge in [0, 0.05) is 11.5 Å². The highest BCUT2D eigenvalue weighted by molar-refractivity contribution is 6.74. The average molecular weight is 396 g/mol. The molecule has 0 atom stereocenters. The third kappa shape index (κ3) is 4.07. The first-order valence-electron chi connectivity index (χ1n) is 9.40. The molecule has 3 aromatic rings. The molecule has 28 heavy (non-hydrogen) atoms. The van der Waals surface area contributed by atoms with Crippen molar-refractivity contribution in [3.63, 3.8) is 0 Å². The van der Waals surface area contributed by atoms with E-state index < -0.39 is 8.32 Å². The second-order valence-corrected chi connectivity index (χ2v) is 13.2. The van der Waals surface area contributed by atoms with Crippen LogP contribution in [0.15, 0.2) is 48.5 Å². The lowest BCUT2D eigenvalue weighted by Gasteiger charge is -2.36. The minimum atomic E-state index is -1.97. The lowest BCUT2D eigenvalue weighted by molar-refractivity contribution is 0.415. The zero-order valence-corrected chi connectivity index (χ0v) is 18.5. The van der Waals surface area contributed by atoms with Crippen LogP contribution in [0.5, 0.6) is 11.5 Å². The van der Waals surface area contributed by atoms with Gasteiger partial charge in [-0.15, -0.1) is 0 Å². The molecule has 0 aliphatic heterocycles. The topological polar surface area (TPSA) is 69.4 Å². The Morgan fingerprint density at radius 2 is 1.79 bits per heavy atom. The van der Waals surface area contributed by atoms with Gasteiger partial charge in [0.05, 0.1) is 18.5 Å². The number of methoxy groups -OCH3 is 1. The number of nitrogens with one attached hydrogen (secondary N) is 1. The van der Waals surface area contributed by atoms with E-state index in [2.05, 4.69) is 39.2 Å². The van der Waals surface area contributed by atoms with E-state index in [9.17, 15) is 0 Å². The minimum absolute atomic E-state index is 0.111. The molecule has 5 nitrogen and oxygen atoms in total. The van der Waals surface area contributed by atoms with E-state index >= 15 is 0 Å². The van der Waals surface area contributed by atoms with Gasteiger partial charge >= 0.3 is 0 Å². The molecule has 0 saturated carbocycles. The molecule has 0 amide bonds. The average Bonchev–Trinajstić information content (AvgIpc) is 2.63. The van der Waals surface area contributed by atoms with Crippen molar-refractivity contribution in [2.24, 2.45) is 0 Å². The molecule has 0 unspecified atom stereocenters. The van der Waals surface area contributed by atoms with Gasteiger partial charge in [-0.2, -0.15) is 0 Å². The van der Waals surface area contributed by atoms with Crippen molar-refractivity contribution in [3.05, 3.63) is 48.5 Å². The number of pyridine rings is 1. The maximum Gasteiger partial charge on any atom is 0.250 e. The second-order valence-electron chi connectivity index (χ2n) is 8.46. The Kier molecular flexibility index (Phi) is 5.26. The van der Waals surface area contributed by atoms with Crippen molar-refractivity contribution in [2.45, 2.75) is 38.9 Å². The Bertz CT molecular complexity index is 997. The largest absolute Gasteiger partial charge is 0.542 e. The van der Waals surface area contributed by atoms with E-state index in [1.54, 1.807) is 7.11 Å². The quantitative estimate of drug-likeness (QED) is 0.412. The standard InChI is InChI=1S/C22H29N3O2Si/c1-22(2,3)28(5,6)27-19-9-7-8-15-10-13-20(25-21(15)19)24-18-14-16(26-4)11-12-17(18)23/h7-14H,23H2,1-6H3,(H,24,25). The molecular weight excluding hydrogens is 366 g/mol. The van der Waals surface area contributed by atoms with Gasteiger partial charge in [0.25, 0.3) is 8.32 Å². The molecule has 1 aromatic heterocycles. The van der Waals surface area contributed by atoms with E-state index in [4.69, 9.17) is 19.9 Å². The van der Waals surface area contributed by atoms with E-state index in [1.165, 1.54) is 0 Å². The van der Waals surface area contributed by atoms with Crippen molar-refractivity contribution in [1.29, 1.82) is 0 Å². The number of nitrogens with two attached hydrogens (primary N) is 1. The van der Waals surface area contributed by atoms with Crippen LogP contribution in [-0.2, 0) is 0 Å². The van der Waals surface area contributed by atoms with E-state index in [-0.39, 0.29) is 5.04 Å². The number of ether oxygens (including phenoxy) is 1. The maximum absolute atomic E-state index is 6.55. The molecule has 0 radical (unpaired) electrons. The number of anilines is 3. The van der Waals surface area contributed by atoms with Crippen LogP contribution in [0.3, 0.4) is 0 Å². The Balaban J connectivity index is 1.99. The van der Waals surface area contributed by atoms with Crippen molar-refractivity contribution in [3.8, 4) is 11.5 Å². The molecule has 6 heteroatoms. The van der Waals surface area contributed by atoms with Gasteiger partial charge in [-0.25, -0.2) is 4.98 Å². The number of hydrogen-bond acceptors (Lipinski definition) is 5. The number of para-hydroxylation sites is 1. The summed E-state index contributed by atoms with van der Waals surface area (Å²) in [6, 6.07) is 15.5. The fourth-order valence-electron chi connectivity index (χ4n) is 2.61. The minimum Gasteiger partial charge on any atom is -0.542 e. The van der Waals surface area contributed by atoms with Gasteiger partial charge in [0.15, 0.2) is 0 Å². The molecule has 148 valence electrons. The molecule has 2 aromatic carbocycles. The second kappa shape index (κ2) is 7.35. The first-order chi connectivity index (χ1) is 13.1. The van der Waals surface area contributed by atoms with Gasteiger partial charge in [0.2, 0.25) is 0 Å². The highest BCUT2D eigenvalue weighted by Gasteiger charge is 2.39. The van der Waals surface area contributed by atoms with Crippen LogP contribution >= 0.6 is 0 Å². The Morgan fingerprint density at radius 1 is 1.04 bits per heavy atom. The molecule has 1 heterocycles. The van der Waals surface area contributed by atoms with Crippen molar-refractivity contribution in [2.75, 3.05) is 18.2 Å². The van der Waals surface area contributed by atoms with Crippen molar-refractivity contribution >= 4 is 36.4 Å². The summed E-state index contributed by atoms with van der Waals surface area (Å²) in [6.07, 6.45) is 0. The molecule has 3 rings (SSSR count). The SMILES string of the molecule is COc1ccc(N)c(Nc2ccc3cccc(O[Si](C)(C)C(C)(C)C)c3n2)c1. The summed E-state index contributed by atoms with van der Waals surface area (Å²) in [5.41, 5.74) is 8.34. The zero-order chi connectivity index (χ0) is 20.5. The summed E-state index contributed by atoms with van der Waals surface area (Å²) in [5, 5.41) is 4.45. The normalized spacial score (nSPS) is 12.1. The third-order valence-corrected chi connectivity index (χ3v) is 9.72. The number of nitrogen functional groups attached to an aromatic ring is 1. The fourth-order valence-corrected chi connectivity index (χ4v) is 3.63. The molecule has 0 saturated heterocycles. The molecule has 0 bridgehead atoms. The molecule has 0 spiro atoms. The molecule has 3 N–H and O–H groups in total. The summed E-state index contributed by atoms with van der Waals surface area (Å²) >= 11 is 0. The lowest BCUT2D eigenvalue weighted by atomic mass is 10.2. The highest BCUT2D eigenvalue weighted by atomic mass is 28.4. The fraction of sp³-hybridized carbons (Fsp3) is 0.318. The molecule has 0 aliphatic rings. The number of fused-ring (bicyclic) bond motifs is 1. The van der Waals surface area contributed by atoms with E-state index in [0.29, 0.717) is 11.5 Å². The number of benzene rings is 2. The Labute approximate surface area is 168 Å². The molecule has 0 fully saturated rings. The van der Waals surface area contributed by atoms with Crippen LogP contribution in [0.4, 0.5) is 17.2 Å². The monoisotopic (exact) mass is 395 g/mol. The van der Waals surface area contributed by atoms with Gasteiger partial charge in [-0.1, -0.05) is 32.9 Å². The van der Waals surface area contributed by atoms with Crippen LogP contribution in [0.1, 0.15) is 20.8 Å². The third-order valence-electron chi connectivity index (χ3n) is 5.38. The van der Waals surface area contributed by atoms with Crippen LogP contribution in [-0.4, -0.2) is 20.4 Å². The summed E-state index contributed by atoms with van der Waals surface area (Å²) in [4.78, 5) is 4.82. The number of nitrogens with zero attached hydrogens (tertiary/aromatic N) is 1. The summed E-state index contributed by atoms with van der Waals surface area (Å²) in [5.74, 6) is 2.27. The van der Waals surface area contributed by atoms with Gasteiger partial charge in [-0.05, 0) is 48.5 Å². The van der Waals surface area contributed by atoms with Crippen LogP contribution in [0, 0.1) is 0 Å². The van der Waals surface area contributed by atoms with Crippen LogP contribution in [0.25, 0.3) is 10.9 Å². The Morgan fingerprint density at radius 3 is 2.46 bits per heavy atom. The van der Waals surface area contributed by atoms with Crippen LogP contribution < -0.4 is 20.2 Å². The van der Waals surface area contributed by atoms with Crippen molar-refractivity contribution in [1.82, 2.24) is 4.98 Å².